The smallest absolute Gasteiger partial charge is 0.347 e. The number of hydrogen-bond acceptors (Lipinski definition) is 4. The van der Waals surface area contributed by atoms with Gasteiger partial charge in [0.2, 0.25) is 5.91 Å². The number of halogens is 3. The van der Waals surface area contributed by atoms with Gasteiger partial charge in [0.1, 0.15) is 17.6 Å². The Morgan fingerprint density at radius 1 is 1.19 bits per heavy atom. The lowest BCUT2D eigenvalue weighted by molar-refractivity contribution is -0.141. The first kappa shape index (κ1) is 19.8. The van der Waals surface area contributed by atoms with Crippen molar-refractivity contribution in [2.75, 3.05) is 14.1 Å². The summed E-state index contributed by atoms with van der Waals surface area (Å²) in [6.07, 6.45) is -4.56. The van der Waals surface area contributed by atoms with Gasteiger partial charge in [-0.25, -0.2) is 9.97 Å². The summed E-state index contributed by atoms with van der Waals surface area (Å²) in [6.45, 7) is 3.20. The Bertz CT molecular complexity index is 790. The number of carbonyl (C=O) groups excluding carboxylic acids is 1. The molecule has 5 nitrogen and oxygen atoms in total. The van der Waals surface area contributed by atoms with Gasteiger partial charge >= 0.3 is 6.18 Å². The molecule has 0 aliphatic heterocycles. The molecule has 1 N–H and O–H groups in total. The van der Waals surface area contributed by atoms with E-state index in [1.807, 2.05) is 31.2 Å². The Labute approximate surface area is 150 Å². The summed E-state index contributed by atoms with van der Waals surface area (Å²) in [4.78, 5) is 21.8. The average Bonchev–Trinajstić information content (AvgIpc) is 2.51. The summed E-state index contributed by atoms with van der Waals surface area (Å²) in [6, 6.07) is 7.82. The second-order valence-corrected chi connectivity index (χ2v) is 6.31. The Morgan fingerprint density at radius 2 is 1.88 bits per heavy atom. The molecule has 1 unspecified atom stereocenters. The lowest BCUT2D eigenvalue weighted by Crippen LogP contribution is -2.37. The van der Waals surface area contributed by atoms with E-state index in [9.17, 15) is 18.0 Å². The number of benzene rings is 1. The topological polar surface area (TPSA) is 58.1 Å². The summed E-state index contributed by atoms with van der Waals surface area (Å²) >= 11 is 0. The molecule has 0 spiro atoms. The van der Waals surface area contributed by atoms with Gasteiger partial charge in [0.15, 0.2) is 0 Å². The fraction of sp³-hybridized carbons (Fsp3) is 0.389. The predicted octanol–water partition coefficient (Wildman–Crippen LogP) is 3.03. The number of nitrogens with one attached hydrogen (secondary N) is 1. The van der Waals surface area contributed by atoms with Crippen LogP contribution in [0.1, 0.15) is 34.4 Å². The van der Waals surface area contributed by atoms with E-state index in [0.717, 1.165) is 17.2 Å². The second-order valence-electron chi connectivity index (χ2n) is 6.31. The molecule has 0 bridgehead atoms. The third-order valence-electron chi connectivity index (χ3n) is 3.73. The molecule has 8 heteroatoms. The Balaban J connectivity index is 2.17. The number of hydrogen-bond donors (Lipinski definition) is 1. The standard InChI is InChI=1S/C18H21F3N4O/c1-11-6-5-7-13(8-11)16(25(3)4)17(26)22-10-15-23-12(2)9-14(24-15)18(19,20)21/h5-9,16H,10H2,1-4H3,(H,22,26). The van der Waals surface area contributed by atoms with Crippen LogP contribution in [0.15, 0.2) is 30.3 Å². The van der Waals surface area contributed by atoms with Gasteiger partial charge in [0.05, 0.1) is 6.54 Å². The molecule has 2 aromatic rings. The molecule has 26 heavy (non-hydrogen) atoms. The second kappa shape index (κ2) is 7.82. The van der Waals surface area contributed by atoms with Crippen LogP contribution in [0.2, 0.25) is 0 Å². The highest BCUT2D eigenvalue weighted by Crippen LogP contribution is 2.27. The molecule has 1 amide bonds. The largest absolute Gasteiger partial charge is 0.433 e. The maximum atomic E-state index is 12.9. The zero-order valence-electron chi connectivity index (χ0n) is 15.1. The van der Waals surface area contributed by atoms with Crippen LogP contribution in [0.5, 0.6) is 0 Å². The normalized spacial score (nSPS) is 12.9. The summed E-state index contributed by atoms with van der Waals surface area (Å²) in [5, 5.41) is 2.63. The number of alkyl halides is 3. The molecule has 0 fully saturated rings. The third kappa shape index (κ3) is 5.01. The van der Waals surface area contributed by atoms with Crippen molar-refractivity contribution >= 4 is 5.91 Å². The van der Waals surface area contributed by atoms with Crippen molar-refractivity contribution < 1.29 is 18.0 Å². The molecule has 0 aliphatic rings. The van der Waals surface area contributed by atoms with E-state index in [2.05, 4.69) is 15.3 Å². The molecule has 1 aromatic heterocycles. The van der Waals surface area contributed by atoms with E-state index < -0.39 is 17.9 Å². The maximum Gasteiger partial charge on any atom is 0.433 e. The van der Waals surface area contributed by atoms with Gasteiger partial charge in [0.25, 0.3) is 0 Å². The first-order valence-electron chi connectivity index (χ1n) is 8.00. The molecule has 0 saturated carbocycles. The van der Waals surface area contributed by atoms with Crippen molar-refractivity contribution in [2.45, 2.75) is 32.6 Å². The zero-order chi connectivity index (χ0) is 19.5. The van der Waals surface area contributed by atoms with Crippen LogP contribution in [-0.4, -0.2) is 34.9 Å². The maximum absolute atomic E-state index is 12.9. The van der Waals surface area contributed by atoms with Crippen LogP contribution in [0.25, 0.3) is 0 Å². The highest BCUT2D eigenvalue weighted by Gasteiger charge is 2.33. The SMILES string of the molecule is Cc1cccc(C(C(=O)NCc2nc(C)cc(C(F)(F)F)n2)N(C)C)c1. The average molecular weight is 366 g/mol. The minimum atomic E-state index is -4.56. The number of aromatic nitrogens is 2. The fourth-order valence-electron chi connectivity index (χ4n) is 2.64. The summed E-state index contributed by atoms with van der Waals surface area (Å²) < 4.78 is 38.6. The van der Waals surface area contributed by atoms with E-state index >= 15 is 0 Å². The number of amides is 1. The van der Waals surface area contributed by atoms with Crippen LogP contribution in [0.4, 0.5) is 13.2 Å². The summed E-state index contributed by atoms with van der Waals surface area (Å²) in [7, 11) is 3.52. The number of likely N-dealkylation sites (N-methyl/N-ethyl adjacent to an activating group) is 1. The first-order valence-corrected chi connectivity index (χ1v) is 8.00. The molecular weight excluding hydrogens is 345 g/mol. The van der Waals surface area contributed by atoms with E-state index in [1.54, 1.807) is 19.0 Å². The van der Waals surface area contributed by atoms with Crippen LogP contribution in [-0.2, 0) is 17.5 Å². The van der Waals surface area contributed by atoms with Gasteiger partial charge in [0, 0.05) is 5.69 Å². The number of nitrogens with zero attached hydrogens (tertiary/aromatic N) is 3. The Kier molecular flexibility index (Phi) is 5.97. The van der Waals surface area contributed by atoms with Crippen LogP contribution >= 0.6 is 0 Å². The van der Waals surface area contributed by atoms with Crippen molar-refractivity contribution in [3.05, 3.63) is 58.7 Å². The Morgan fingerprint density at radius 3 is 2.46 bits per heavy atom. The minimum Gasteiger partial charge on any atom is -0.347 e. The highest BCUT2D eigenvalue weighted by atomic mass is 19.4. The van der Waals surface area contributed by atoms with Gasteiger partial charge in [-0.1, -0.05) is 29.8 Å². The van der Waals surface area contributed by atoms with E-state index in [4.69, 9.17) is 0 Å². The van der Waals surface area contributed by atoms with Crippen LogP contribution in [0, 0.1) is 13.8 Å². The lowest BCUT2D eigenvalue weighted by Gasteiger charge is -2.24. The predicted molar refractivity (Wildman–Crippen MR) is 91.2 cm³/mol. The lowest BCUT2D eigenvalue weighted by atomic mass is 10.0. The van der Waals surface area contributed by atoms with Crippen molar-refractivity contribution in [3.63, 3.8) is 0 Å². The van der Waals surface area contributed by atoms with Gasteiger partial charge in [-0.05, 0) is 39.6 Å². The number of rotatable bonds is 5. The zero-order valence-corrected chi connectivity index (χ0v) is 15.1. The van der Waals surface area contributed by atoms with Gasteiger partial charge < -0.3 is 5.32 Å². The van der Waals surface area contributed by atoms with Crippen molar-refractivity contribution in [1.29, 1.82) is 0 Å². The quantitative estimate of drug-likeness (QED) is 0.884. The monoisotopic (exact) mass is 366 g/mol. The molecule has 140 valence electrons. The number of aryl methyl sites for hydroxylation is 2. The van der Waals surface area contributed by atoms with E-state index in [1.165, 1.54) is 6.92 Å². The molecule has 0 saturated heterocycles. The van der Waals surface area contributed by atoms with Gasteiger partial charge in [-0.3, -0.25) is 9.69 Å². The molecule has 0 aliphatic carbocycles. The molecular formula is C18H21F3N4O. The van der Waals surface area contributed by atoms with Crippen molar-refractivity contribution in [1.82, 2.24) is 20.2 Å². The van der Waals surface area contributed by atoms with E-state index in [0.29, 0.717) is 0 Å². The Hall–Kier alpha value is -2.48. The van der Waals surface area contributed by atoms with E-state index in [-0.39, 0.29) is 24.0 Å². The highest BCUT2D eigenvalue weighted by molar-refractivity contribution is 5.83. The first-order chi connectivity index (χ1) is 12.1. The van der Waals surface area contributed by atoms with Crippen LogP contribution in [0.3, 0.4) is 0 Å². The molecule has 0 radical (unpaired) electrons. The minimum absolute atomic E-state index is 0.0765. The fourth-order valence-corrected chi connectivity index (χ4v) is 2.64. The molecule has 1 heterocycles. The number of carbonyl (C=O) groups is 1. The van der Waals surface area contributed by atoms with Gasteiger partial charge in [-0.15, -0.1) is 0 Å². The van der Waals surface area contributed by atoms with Gasteiger partial charge in [-0.2, -0.15) is 13.2 Å². The molecule has 1 aromatic carbocycles. The molecule has 1 atom stereocenters. The summed E-state index contributed by atoms with van der Waals surface area (Å²) in [5.74, 6) is -0.410. The van der Waals surface area contributed by atoms with Crippen molar-refractivity contribution in [3.8, 4) is 0 Å². The van der Waals surface area contributed by atoms with Crippen LogP contribution < -0.4 is 5.32 Å². The summed E-state index contributed by atoms with van der Waals surface area (Å²) in [5.41, 5.74) is 0.990. The third-order valence-corrected chi connectivity index (χ3v) is 3.73. The van der Waals surface area contributed by atoms with Crippen molar-refractivity contribution in [2.24, 2.45) is 0 Å². The molecule has 2 rings (SSSR count).